The number of hydrogen-bond acceptors (Lipinski definition) is 5. The average Bonchev–Trinajstić information content (AvgIpc) is 3.04. The third-order valence-electron chi connectivity index (χ3n) is 9.57. The molecule has 0 heterocycles. The lowest BCUT2D eigenvalue weighted by atomic mass is 9.90. The molecule has 278 valence electrons. The Labute approximate surface area is 315 Å². The van der Waals surface area contributed by atoms with Crippen molar-refractivity contribution in [2.45, 2.75) is 91.1 Å². The largest absolute Gasteiger partial charge is 0.338 e. The quantitative estimate of drug-likeness (QED) is 0.129. The van der Waals surface area contributed by atoms with Crippen molar-refractivity contribution >= 4 is 48.6 Å². The highest BCUT2D eigenvalue weighted by Crippen LogP contribution is 2.40. The van der Waals surface area contributed by atoms with Crippen molar-refractivity contribution < 1.29 is 30.5 Å². The minimum atomic E-state index is -4.58. The van der Waals surface area contributed by atoms with E-state index in [0.29, 0.717) is 33.5 Å². The zero-order chi connectivity index (χ0) is 39.2. The molecule has 8 nitrogen and oxygen atoms in total. The SMILES string of the molecule is Cc1cc(C)c([N+](=C2C=CC(=C(c3ccc(N(c4c(C)cc(C)c(S(=O)(=O)O)c4C)C(C)C)cc3)c3ccccc3S(=O)(=O)O)C=C2)C(C)C)c(C)c1. The molecule has 0 unspecified atom stereocenters. The first kappa shape index (κ1) is 39.6. The predicted molar refractivity (Wildman–Crippen MR) is 215 cm³/mol. The minimum Gasteiger partial charge on any atom is -0.338 e. The van der Waals surface area contributed by atoms with Crippen LogP contribution in [0.2, 0.25) is 0 Å². The third kappa shape index (κ3) is 8.01. The monoisotopic (exact) mass is 753 g/mol. The molecule has 0 aliphatic heterocycles. The molecule has 1 aliphatic carbocycles. The van der Waals surface area contributed by atoms with Gasteiger partial charge in [-0.1, -0.05) is 42.0 Å². The first-order chi connectivity index (χ1) is 24.7. The summed E-state index contributed by atoms with van der Waals surface area (Å²) in [6.45, 7) is 19.9. The molecular weight excluding hydrogens is 705 g/mol. The fourth-order valence-corrected chi connectivity index (χ4v) is 9.45. The molecule has 5 rings (SSSR count). The molecule has 0 radical (unpaired) electrons. The van der Waals surface area contributed by atoms with Crippen molar-refractivity contribution in [3.05, 3.63) is 141 Å². The molecule has 53 heavy (non-hydrogen) atoms. The molecule has 2 N–H and O–H groups in total. The molecule has 10 heteroatoms. The third-order valence-corrected chi connectivity index (χ3v) is 11.6. The zero-order valence-corrected chi connectivity index (χ0v) is 33.7. The van der Waals surface area contributed by atoms with Gasteiger partial charge in [0, 0.05) is 46.3 Å². The van der Waals surface area contributed by atoms with E-state index in [1.165, 1.54) is 22.8 Å². The maximum Gasteiger partial charge on any atom is 0.295 e. The second-order valence-corrected chi connectivity index (χ2v) is 17.2. The van der Waals surface area contributed by atoms with Gasteiger partial charge in [-0.2, -0.15) is 21.4 Å². The van der Waals surface area contributed by atoms with Crippen LogP contribution in [0.1, 0.15) is 72.2 Å². The van der Waals surface area contributed by atoms with Crippen molar-refractivity contribution in [1.29, 1.82) is 0 Å². The summed E-state index contributed by atoms with van der Waals surface area (Å²) in [7, 11) is -9.06. The summed E-state index contributed by atoms with van der Waals surface area (Å²) in [5.74, 6) is 0. The summed E-state index contributed by atoms with van der Waals surface area (Å²) < 4.78 is 73.0. The molecule has 0 saturated heterocycles. The highest BCUT2D eigenvalue weighted by molar-refractivity contribution is 7.86. The van der Waals surface area contributed by atoms with E-state index in [4.69, 9.17) is 0 Å². The van der Waals surface area contributed by atoms with Crippen LogP contribution in [0.15, 0.2) is 106 Å². The number of aryl methyl sites for hydroxylation is 5. The van der Waals surface area contributed by atoms with Gasteiger partial charge >= 0.3 is 0 Å². The smallest absolute Gasteiger partial charge is 0.295 e. The van der Waals surface area contributed by atoms with Crippen LogP contribution in [-0.2, 0) is 20.2 Å². The summed E-state index contributed by atoms with van der Waals surface area (Å²) in [4.78, 5) is 1.72. The Kier molecular flexibility index (Phi) is 11.2. The van der Waals surface area contributed by atoms with Crippen molar-refractivity contribution in [2.75, 3.05) is 4.90 Å². The second kappa shape index (κ2) is 15.0. The van der Waals surface area contributed by atoms with Crippen LogP contribution in [0.4, 0.5) is 17.1 Å². The Morgan fingerprint density at radius 2 is 1.25 bits per heavy atom. The lowest BCUT2D eigenvalue weighted by Crippen LogP contribution is -2.27. The summed E-state index contributed by atoms with van der Waals surface area (Å²) in [6, 6.07) is 20.2. The number of anilines is 2. The standard InChI is InChI=1S/C43H48N2O6S2/c1-26(2)44(41-29(6)23-28(5)24-30(41)7)36-19-15-34(16-20-36)40(38-13-11-12-14-39(38)52(46,47)48)35-17-21-37(22-18-35)45(27(3)4)42-31(8)25-32(9)43(33(42)10)53(49,50)51/h11-27H,1-10H3,(H-,46,47,48,49,50,51)/p+1. The van der Waals surface area contributed by atoms with E-state index in [1.807, 2.05) is 74.2 Å². The van der Waals surface area contributed by atoms with Crippen molar-refractivity contribution in [3.63, 3.8) is 0 Å². The topological polar surface area (TPSA) is 115 Å². The maximum absolute atomic E-state index is 12.7. The zero-order valence-electron chi connectivity index (χ0n) is 32.1. The van der Waals surface area contributed by atoms with E-state index in [0.717, 1.165) is 28.2 Å². The van der Waals surface area contributed by atoms with Crippen LogP contribution in [0, 0.1) is 41.5 Å². The molecule has 4 aromatic carbocycles. The molecular formula is C43H49N2O6S2+. The van der Waals surface area contributed by atoms with Gasteiger partial charge in [-0.25, -0.2) is 0 Å². The van der Waals surface area contributed by atoms with E-state index in [2.05, 4.69) is 51.3 Å². The first-order valence-electron chi connectivity index (χ1n) is 17.6. The lowest BCUT2D eigenvalue weighted by Gasteiger charge is -2.33. The Hall–Kier alpha value is -4.61. The number of nitrogens with zero attached hydrogens (tertiary/aromatic N) is 2. The van der Waals surface area contributed by atoms with Crippen molar-refractivity contribution in [3.8, 4) is 0 Å². The van der Waals surface area contributed by atoms with Crippen molar-refractivity contribution in [1.82, 2.24) is 0 Å². The molecule has 0 bridgehead atoms. The Balaban J connectivity index is 1.72. The second-order valence-electron chi connectivity index (χ2n) is 14.4. The van der Waals surface area contributed by atoms with Crippen molar-refractivity contribution in [2.24, 2.45) is 0 Å². The Morgan fingerprint density at radius 3 is 1.75 bits per heavy atom. The summed E-state index contributed by atoms with van der Waals surface area (Å²) in [5, 5.41) is 0. The molecule has 0 spiro atoms. The highest BCUT2D eigenvalue weighted by atomic mass is 32.2. The predicted octanol–water partition coefficient (Wildman–Crippen LogP) is 9.70. The van der Waals surface area contributed by atoms with Gasteiger partial charge in [0.25, 0.3) is 20.2 Å². The number of rotatable bonds is 9. The molecule has 0 fully saturated rings. The highest BCUT2D eigenvalue weighted by Gasteiger charge is 2.28. The summed E-state index contributed by atoms with van der Waals surface area (Å²) in [5.41, 5.74) is 11.3. The van der Waals surface area contributed by atoms with Crippen LogP contribution >= 0.6 is 0 Å². The summed E-state index contributed by atoms with van der Waals surface area (Å²) in [6.07, 6.45) is 8.03. The van der Waals surface area contributed by atoms with E-state index >= 15 is 0 Å². The molecule has 0 amide bonds. The Bertz CT molecular complexity index is 2410. The van der Waals surface area contributed by atoms with Crippen LogP contribution in [0.25, 0.3) is 5.57 Å². The minimum absolute atomic E-state index is 0.101. The number of benzene rings is 4. The van der Waals surface area contributed by atoms with Crippen LogP contribution in [0.3, 0.4) is 0 Å². The fraction of sp³-hybridized carbons (Fsp3) is 0.279. The molecule has 0 atom stereocenters. The van der Waals surface area contributed by atoms with E-state index < -0.39 is 20.2 Å². The summed E-state index contributed by atoms with van der Waals surface area (Å²) >= 11 is 0. The van der Waals surface area contributed by atoms with E-state index in [1.54, 1.807) is 38.1 Å². The van der Waals surface area contributed by atoms with Crippen LogP contribution < -0.4 is 4.90 Å². The maximum atomic E-state index is 12.7. The molecule has 1 aliphatic rings. The van der Waals surface area contributed by atoms with Gasteiger partial charge in [0.05, 0.1) is 0 Å². The Morgan fingerprint density at radius 1 is 0.679 bits per heavy atom. The van der Waals surface area contributed by atoms with E-state index in [-0.39, 0.29) is 21.9 Å². The first-order valence-corrected chi connectivity index (χ1v) is 20.5. The van der Waals surface area contributed by atoms with Gasteiger partial charge in [0.15, 0.2) is 6.04 Å². The molecule has 0 saturated carbocycles. The average molecular weight is 754 g/mol. The van der Waals surface area contributed by atoms with Gasteiger partial charge < -0.3 is 4.90 Å². The normalized spacial score (nSPS) is 13.3. The fourth-order valence-electron chi connectivity index (χ4n) is 7.80. The van der Waals surface area contributed by atoms with Gasteiger partial charge in [0.1, 0.15) is 9.79 Å². The van der Waals surface area contributed by atoms with E-state index in [9.17, 15) is 25.9 Å². The number of allylic oxidation sites excluding steroid dienone is 5. The lowest BCUT2D eigenvalue weighted by molar-refractivity contribution is -0.475. The van der Waals surface area contributed by atoms with Gasteiger partial charge in [0.2, 0.25) is 11.4 Å². The van der Waals surface area contributed by atoms with Gasteiger partial charge in [-0.3, -0.25) is 9.11 Å². The van der Waals surface area contributed by atoms with Crippen LogP contribution in [0.5, 0.6) is 0 Å². The van der Waals surface area contributed by atoms with Gasteiger partial charge in [-0.15, -0.1) is 0 Å². The molecule has 4 aromatic rings. The molecule has 0 aromatic heterocycles. The van der Waals surface area contributed by atoms with Crippen LogP contribution in [-0.4, -0.2) is 48.3 Å². The van der Waals surface area contributed by atoms with Gasteiger partial charge in [-0.05, 0) is 145 Å². The number of hydrogen-bond donors (Lipinski definition) is 2.